The van der Waals surface area contributed by atoms with E-state index in [1.807, 2.05) is 0 Å². The lowest BCUT2D eigenvalue weighted by Crippen LogP contribution is -2.43. The van der Waals surface area contributed by atoms with Crippen LogP contribution in [0.25, 0.3) is 0 Å². The number of hydrogen-bond donors (Lipinski definition) is 1. The van der Waals surface area contributed by atoms with Crippen molar-refractivity contribution in [3.05, 3.63) is 18.0 Å². The summed E-state index contributed by atoms with van der Waals surface area (Å²) in [6.07, 6.45) is 5.10. The molecule has 1 fully saturated rings. The molecule has 5 nitrogen and oxygen atoms in total. The number of carboxylic acids is 1. The summed E-state index contributed by atoms with van der Waals surface area (Å²) in [7, 11) is 0. The van der Waals surface area contributed by atoms with Crippen LogP contribution in [0.1, 0.15) is 37.0 Å². The van der Waals surface area contributed by atoms with Gasteiger partial charge in [-0.15, -0.1) is 0 Å². The Bertz CT molecular complexity index is 405. The predicted molar refractivity (Wildman–Crippen MR) is 64.2 cm³/mol. The molecular formula is C12H17N3O2. The molecule has 1 aromatic heterocycles. The van der Waals surface area contributed by atoms with Crippen molar-refractivity contribution in [2.75, 3.05) is 11.4 Å². The quantitative estimate of drug-likeness (QED) is 0.846. The Morgan fingerprint density at radius 3 is 2.65 bits per heavy atom. The summed E-state index contributed by atoms with van der Waals surface area (Å²) in [6, 6.07) is 0.402. The van der Waals surface area contributed by atoms with Gasteiger partial charge in [-0.25, -0.2) is 14.8 Å². The van der Waals surface area contributed by atoms with E-state index >= 15 is 0 Å². The maximum Gasteiger partial charge on any atom is 0.338 e. The molecule has 0 bridgehead atoms. The number of nitrogens with zero attached hydrogens (tertiary/aromatic N) is 3. The molecule has 0 amide bonds. The monoisotopic (exact) mass is 235 g/mol. The number of aromatic nitrogens is 2. The van der Waals surface area contributed by atoms with Gasteiger partial charge >= 0.3 is 5.97 Å². The van der Waals surface area contributed by atoms with Crippen LogP contribution in [-0.4, -0.2) is 33.6 Å². The average molecular weight is 235 g/mol. The van der Waals surface area contributed by atoms with E-state index in [0.29, 0.717) is 17.9 Å². The first kappa shape index (κ1) is 11.8. The number of carbonyl (C=O) groups is 1. The highest BCUT2D eigenvalue weighted by Crippen LogP contribution is 2.25. The van der Waals surface area contributed by atoms with Gasteiger partial charge in [0.25, 0.3) is 0 Å². The number of hydrogen-bond acceptors (Lipinski definition) is 4. The molecule has 2 heterocycles. The maximum atomic E-state index is 10.7. The fourth-order valence-electron chi connectivity index (χ4n) is 2.20. The van der Waals surface area contributed by atoms with Gasteiger partial charge in [-0.3, -0.25) is 0 Å². The third-order valence-electron chi connectivity index (χ3n) is 3.52. The zero-order valence-corrected chi connectivity index (χ0v) is 10.1. The molecule has 5 heteroatoms. The summed E-state index contributed by atoms with van der Waals surface area (Å²) in [5.41, 5.74) is 0.131. The van der Waals surface area contributed by atoms with Crippen LogP contribution in [0, 0.1) is 5.92 Å². The van der Waals surface area contributed by atoms with Crippen LogP contribution in [0.5, 0.6) is 0 Å². The first-order valence-electron chi connectivity index (χ1n) is 5.91. The largest absolute Gasteiger partial charge is 0.478 e. The van der Waals surface area contributed by atoms with E-state index in [0.717, 1.165) is 13.0 Å². The molecular weight excluding hydrogens is 218 g/mol. The van der Waals surface area contributed by atoms with Gasteiger partial charge in [0.2, 0.25) is 5.95 Å². The maximum absolute atomic E-state index is 10.7. The number of aromatic carboxylic acids is 1. The second kappa shape index (κ2) is 4.69. The van der Waals surface area contributed by atoms with Crippen LogP contribution >= 0.6 is 0 Å². The van der Waals surface area contributed by atoms with Gasteiger partial charge in [0.15, 0.2) is 0 Å². The number of anilines is 1. The fourth-order valence-corrected chi connectivity index (χ4v) is 2.20. The van der Waals surface area contributed by atoms with Crippen molar-refractivity contribution < 1.29 is 9.90 Å². The lowest BCUT2D eigenvalue weighted by Gasteiger charge is -2.37. The highest BCUT2D eigenvalue weighted by molar-refractivity contribution is 5.86. The molecule has 1 N–H and O–H groups in total. The summed E-state index contributed by atoms with van der Waals surface area (Å²) >= 11 is 0. The summed E-state index contributed by atoms with van der Waals surface area (Å²) in [5.74, 6) is 0.261. The third kappa shape index (κ3) is 2.38. The first-order chi connectivity index (χ1) is 8.09. The minimum atomic E-state index is -0.989. The van der Waals surface area contributed by atoms with E-state index in [9.17, 15) is 4.79 Å². The molecule has 2 rings (SSSR count). The Kier molecular flexibility index (Phi) is 3.26. The molecule has 0 radical (unpaired) electrons. The van der Waals surface area contributed by atoms with Gasteiger partial charge in [-0.05, 0) is 25.7 Å². The second-order valence-corrected chi connectivity index (χ2v) is 4.63. The average Bonchev–Trinajstić information content (AvgIpc) is 2.33. The van der Waals surface area contributed by atoms with Crippen LogP contribution in [0.3, 0.4) is 0 Å². The lowest BCUT2D eigenvalue weighted by molar-refractivity contribution is 0.0696. The molecule has 0 spiro atoms. The SMILES string of the molecule is CC1CCCN(c2ncc(C(=O)O)cn2)C1C. The predicted octanol–water partition coefficient (Wildman–Crippen LogP) is 1.80. The molecule has 2 atom stereocenters. The topological polar surface area (TPSA) is 66.3 Å². The second-order valence-electron chi connectivity index (χ2n) is 4.63. The van der Waals surface area contributed by atoms with E-state index in [4.69, 9.17) is 5.11 Å². The van der Waals surface area contributed by atoms with E-state index in [1.54, 1.807) is 0 Å². The lowest BCUT2D eigenvalue weighted by atomic mass is 9.92. The minimum absolute atomic E-state index is 0.131. The van der Waals surface area contributed by atoms with Crippen molar-refractivity contribution >= 4 is 11.9 Å². The highest BCUT2D eigenvalue weighted by atomic mass is 16.4. The molecule has 1 saturated heterocycles. The smallest absolute Gasteiger partial charge is 0.338 e. The Morgan fingerprint density at radius 1 is 1.41 bits per heavy atom. The van der Waals surface area contributed by atoms with Crippen molar-refractivity contribution in [3.63, 3.8) is 0 Å². The summed E-state index contributed by atoms with van der Waals surface area (Å²) in [4.78, 5) is 21.1. The van der Waals surface area contributed by atoms with Gasteiger partial charge < -0.3 is 10.0 Å². The number of piperidine rings is 1. The third-order valence-corrected chi connectivity index (χ3v) is 3.52. The van der Waals surface area contributed by atoms with Crippen molar-refractivity contribution in [2.45, 2.75) is 32.7 Å². The van der Waals surface area contributed by atoms with Crippen LogP contribution in [0.4, 0.5) is 5.95 Å². The van der Waals surface area contributed by atoms with Gasteiger partial charge in [0, 0.05) is 25.0 Å². The Morgan fingerprint density at radius 2 is 2.06 bits per heavy atom. The van der Waals surface area contributed by atoms with Crippen molar-refractivity contribution in [1.29, 1.82) is 0 Å². The number of carboxylic acid groups (broad SMARTS) is 1. The summed E-state index contributed by atoms with van der Waals surface area (Å²) < 4.78 is 0. The van der Waals surface area contributed by atoms with E-state index < -0.39 is 5.97 Å². The zero-order chi connectivity index (χ0) is 12.4. The Hall–Kier alpha value is -1.65. The van der Waals surface area contributed by atoms with Gasteiger partial charge in [0.1, 0.15) is 0 Å². The fraction of sp³-hybridized carbons (Fsp3) is 0.583. The highest BCUT2D eigenvalue weighted by Gasteiger charge is 2.26. The van der Waals surface area contributed by atoms with Crippen LogP contribution in [0.15, 0.2) is 12.4 Å². The summed E-state index contributed by atoms with van der Waals surface area (Å²) in [6.45, 7) is 5.33. The number of rotatable bonds is 2. The Labute approximate surface area is 100 Å². The van der Waals surface area contributed by atoms with E-state index in [-0.39, 0.29) is 5.56 Å². The van der Waals surface area contributed by atoms with Crippen molar-refractivity contribution in [1.82, 2.24) is 9.97 Å². The van der Waals surface area contributed by atoms with Crippen LogP contribution < -0.4 is 4.90 Å². The van der Waals surface area contributed by atoms with Gasteiger partial charge in [-0.1, -0.05) is 6.92 Å². The molecule has 1 aliphatic heterocycles. The summed E-state index contributed by atoms with van der Waals surface area (Å²) in [5, 5.41) is 8.79. The molecule has 17 heavy (non-hydrogen) atoms. The van der Waals surface area contributed by atoms with Gasteiger partial charge in [0.05, 0.1) is 5.56 Å². The van der Waals surface area contributed by atoms with Crippen molar-refractivity contribution in [2.24, 2.45) is 5.92 Å². The molecule has 0 saturated carbocycles. The van der Waals surface area contributed by atoms with E-state index in [1.165, 1.54) is 18.8 Å². The molecule has 0 aromatic carbocycles. The van der Waals surface area contributed by atoms with Gasteiger partial charge in [-0.2, -0.15) is 0 Å². The Balaban J connectivity index is 2.19. The van der Waals surface area contributed by atoms with E-state index in [2.05, 4.69) is 28.7 Å². The molecule has 92 valence electrons. The standard InChI is InChI=1S/C12H17N3O2/c1-8-4-3-5-15(9(8)2)12-13-6-10(7-14-12)11(16)17/h6-9H,3-5H2,1-2H3,(H,16,17). The van der Waals surface area contributed by atoms with Crippen LogP contribution in [-0.2, 0) is 0 Å². The van der Waals surface area contributed by atoms with Crippen LogP contribution in [0.2, 0.25) is 0 Å². The molecule has 1 aliphatic rings. The molecule has 2 unspecified atom stereocenters. The minimum Gasteiger partial charge on any atom is -0.478 e. The van der Waals surface area contributed by atoms with Crippen molar-refractivity contribution in [3.8, 4) is 0 Å². The normalized spacial score (nSPS) is 24.7. The molecule has 1 aromatic rings. The molecule has 0 aliphatic carbocycles. The first-order valence-corrected chi connectivity index (χ1v) is 5.91. The zero-order valence-electron chi connectivity index (χ0n) is 10.1.